The smallest absolute Gasteiger partial charge is 0.319 e. The minimum Gasteiger partial charge on any atom is -0.508 e. The fourth-order valence-corrected chi connectivity index (χ4v) is 7.57. The molecule has 8 nitrogen and oxygen atoms in total. The molecule has 0 radical (unpaired) electrons. The molecule has 220 valence electrons. The minimum absolute atomic E-state index is 0.0183. The molecule has 5 aliphatic rings. The van der Waals surface area contributed by atoms with E-state index >= 15 is 4.39 Å². The minimum atomic E-state index is -0.702. The fourth-order valence-electron chi connectivity index (χ4n) is 7.57. The quantitative estimate of drug-likeness (QED) is 0.330. The average molecular weight is 583 g/mol. The summed E-state index contributed by atoms with van der Waals surface area (Å²) in [6.07, 6.45) is 12.6. The summed E-state index contributed by atoms with van der Waals surface area (Å²) in [6, 6.07) is 6.40. The van der Waals surface area contributed by atoms with E-state index in [1.165, 1.54) is 24.3 Å². The van der Waals surface area contributed by atoms with Gasteiger partial charge in [-0.05, 0) is 75.3 Å². The number of aromatic nitrogens is 3. The zero-order valence-electron chi connectivity index (χ0n) is 23.7. The van der Waals surface area contributed by atoms with Crippen molar-refractivity contribution < 1.29 is 18.6 Å². The van der Waals surface area contributed by atoms with Gasteiger partial charge in [0.05, 0.1) is 17.6 Å². The second kappa shape index (κ2) is 10.00. The molecule has 5 fully saturated rings. The first-order valence-corrected chi connectivity index (χ1v) is 15.0. The molecule has 9 rings (SSSR count). The summed E-state index contributed by atoms with van der Waals surface area (Å²) >= 11 is 0. The SMILES string of the molecule is C#Cc1c(F)ccc2cc(O)cc(-c3ncc4c(N5C[C@H]6CC[C@@H](C5)N6)nc(OCC56CCN(CC5)CC6)nc4c3F)c12. The first-order chi connectivity index (χ1) is 20.9. The van der Waals surface area contributed by atoms with Crippen LogP contribution in [0.3, 0.4) is 0 Å². The highest BCUT2D eigenvalue weighted by Gasteiger charge is 2.40. The van der Waals surface area contributed by atoms with E-state index in [0.717, 1.165) is 64.8 Å². The van der Waals surface area contributed by atoms with Crippen molar-refractivity contribution in [2.75, 3.05) is 44.2 Å². The Balaban J connectivity index is 1.27. The Morgan fingerprint density at radius 3 is 2.53 bits per heavy atom. The van der Waals surface area contributed by atoms with Crippen LogP contribution in [0.1, 0.15) is 37.7 Å². The number of rotatable bonds is 5. The van der Waals surface area contributed by atoms with Crippen LogP contribution in [0.4, 0.5) is 14.6 Å². The average Bonchev–Trinajstić information content (AvgIpc) is 3.37. The second-order valence-electron chi connectivity index (χ2n) is 12.6. The van der Waals surface area contributed by atoms with Gasteiger partial charge >= 0.3 is 6.01 Å². The number of aromatic hydroxyl groups is 1. The second-order valence-corrected chi connectivity index (χ2v) is 12.6. The van der Waals surface area contributed by atoms with Crippen LogP contribution < -0.4 is 15.0 Å². The third-order valence-corrected chi connectivity index (χ3v) is 9.99. The van der Waals surface area contributed by atoms with Crippen molar-refractivity contribution in [1.29, 1.82) is 0 Å². The molecular weight excluding hydrogens is 550 g/mol. The molecule has 4 bridgehead atoms. The molecular formula is C33H32F2N6O2. The van der Waals surface area contributed by atoms with Crippen molar-refractivity contribution in [3.63, 3.8) is 0 Å². The topological polar surface area (TPSA) is 86.6 Å². The lowest BCUT2D eigenvalue weighted by atomic mass is 9.73. The van der Waals surface area contributed by atoms with Crippen LogP contribution >= 0.6 is 0 Å². The van der Waals surface area contributed by atoms with Crippen molar-refractivity contribution in [3.05, 3.63) is 47.7 Å². The molecule has 2 aromatic carbocycles. The number of benzene rings is 2. The molecule has 2 atom stereocenters. The summed E-state index contributed by atoms with van der Waals surface area (Å²) in [5, 5.41) is 15.4. The van der Waals surface area contributed by atoms with Gasteiger partial charge in [-0.2, -0.15) is 9.97 Å². The van der Waals surface area contributed by atoms with Crippen molar-refractivity contribution in [2.24, 2.45) is 5.41 Å². The Hall–Kier alpha value is -4.07. The number of nitrogens with one attached hydrogen (secondary N) is 1. The standard InChI is InChI=1S/C33H32F2N6O2/c1-2-23-26(34)6-3-19-13-22(42)14-24(27(19)23)29-28(35)30-25(15-36-29)31(41-16-20-4-5-21(17-41)37-20)39-32(38-30)43-18-33-7-10-40(11-8-33)12-9-33/h1,3,6,13-15,20-21,37,42H,4-5,7-12,16-18H2/t20-,21+. The Labute approximate surface area is 248 Å². The highest BCUT2D eigenvalue weighted by atomic mass is 19.1. The van der Waals surface area contributed by atoms with Crippen LogP contribution in [0.25, 0.3) is 32.9 Å². The molecule has 2 N–H and O–H groups in total. The highest BCUT2D eigenvalue weighted by molar-refractivity contribution is 6.03. The van der Waals surface area contributed by atoms with Gasteiger partial charge in [0.2, 0.25) is 0 Å². The van der Waals surface area contributed by atoms with Gasteiger partial charge in [-0.3, -0.25) is 4.98 Å². The van der Waals surface area contributed by atoms with Gasteiger partial charge < -0.3 is 25.0 Å². The Morgan fingerprint density at radius 2 is 1.81 bits per heavy atom. The lowest BCUT2D eigenvalue weighted by Gasteiger charge is -2.47. The molecule has 0 amide bonds. The van der Waals surface area contributed by atoms with Crippen molar-refractivity contribution in [2.45, 2.75) is 44.2 Å². The van der Waals surface area contributed by atoms with Gasteiger partial charge in [-0.1, -0.05) is 12.0 Å². The number of phenols is 1. The molecule has 4 aromatic rings. The number of piperidine rings is 3. The van der Waals surface area contributed by atoms with E-state index in [0.29, 0.717) is 40.7 Å². The zero-order valence-corrected chi connectivity index (χ0v) is 23.7. The first-order valence-electron chi connectivity index (χ1n) is 15.0. The molecule has 7 heterocycles. The normalized spacial score (nSPS) is 26.3. The number of pyridine rings is 1. The van der Waals surface area contributed by atoms with Gasteiger partial charge in [-0.15, -0.1) is 6.42 Å². The number of hydrogen-bond donors (Lipinski definition) is 2. The van der Waals surface area contributed by atoms with E-state index in [4.69, 9.17) is 16.1 Å². The predicted octanol–water partition coefficient (Wildman–Crippen LogP) is 4.62. The monoisotopic (exact) mass is 582 g/mol. The predicted molar refractivity (Wildman–Crippen MR) is 160 cm³/mol. The summed E-state index contributed by atoms with van der Waals surface area (Å²) < 4.78 is 37.8. The number of anilines is 1. The van der Waals surface area contributed by atoms with Crippen LogP contribution in [-0.2, 0) is 0 Å². The molecule has 2 aromatic heterocycles. The van der Waals surface area contributed by atoms with E-state index in [1.807, 2.05) is 0 Å². The summed E-state index contributed by atoms with van der Waals surface area (Å²) in [5.41, 5.74) is 0.249. The number of piperazine rings is 1. The molecule has 5 aliphatic heterocycles. The third-order valence-electron chi connectivity index (χ3n) is 9.99. The van der Waals surface area contributed by atoms with Crippen LogP contribution in [0.15, 0.2) is 30.5 Å². The number of terminal acetylenes is 1. The molecule has 0 aliphatic carbocycles. The summed E-state index contributed by atoms with van der Waals surface area (Å²) in [6.45, 7) is 5.18. The van der Waals surface area contributed by atoms with Crippen LogP contribution in [0.2, 0.25) is 0 Å². The number of ether oxygens (including phenoxy) is 1. The fraction of sp³-hybridized carbons (Fsp3) is 0.424. The highest BCUT2D eigenvalue weighted by Crippen LogP contribution is 2.42. The molecule has 0 saturated carbocycles. The van der Waals surface area contributed by atoms with Crippen LogP contribution in [0, 0.1) is 29.4 Å². The maximum Gasteiger partial charge on any atom is 0.319 e. The maximum absolute atomic E-state index is 16.7. The van der Waals surface area contributed by atoms with Gasteiger partial charge in [0.15, 0.2) is 5.82 Å². The van der Waals surface area contributed by atoms with Crippen molar-refractivity contribution in [1.82, 2.24) is 25.2 Å². The van der Waals surface area contributed by atoms with Gasteiger partial charge in [0.25, 0.3) is 0 Å². The largest absolute Gasteiger partial charge is 0.508 e. The third kappa shape index (κ3) is 4.45. The van der Waals surface area contributed by atoms with Gasteiger partial charge in [0, 0.05) is 47.7 Å². The molecule has 5 saturated heterocycles. The molecule has 43 heavy (non-hydrogen) atoms. The van der Waals surface area contributed by atoms with Crippen LogP contribution in [0.5, 0.6) is 11.8 Å². The lowest BCUT2D eigenvalue weighted by Crippen LogP contribution is -2.51. The number of nitrogens with zero attached hydrogens (tertiary/aromatic N) is 5. The summed E-state index contributed by atoms with van der Waals surface area (Å²) in [4.78, 5) is 18.7. The first kappa shape index (κ1) is 26.5. The summed E-state index contributed by atoms with van der Waals surface area (Å²) in [7, 11) is 0. The van der Waals surface area contributed by atoms with E-state index in [9.17, 15) is 9.50 Å². The molecule has 10 heteroatoms. The van der Waals surface area contributed by atoms with E-state index in [-0.39, 0.29) is 39.5 Å². The van der Waals surface area contributed by atoms with Crippen molar-refractivity contribution in [3.8, 4) is 35.4 Å². The van der Waals surface area contributed by atoms with Crippen LogP contribution in [-0.4, -0.2) is 76.4 Å². The van der Waals surface area contributed by atoms with E-state index in [1.54, 1.807) is 6.20 Å². The number of hydrogen-bond acceptors (Lipinski definition) is 8. The Morgan fingerprint density at radius 1 is 1.07 bits per heavy atom. The Kier molecular flexibility index (Phi) is 6.17. The zero-order chi connectivity index (χ0) is 29.3. The number of phenolic OH excluding ortho intramolecular Hbond substituents is 1. The maximum atomic E-state index is 16.7. The molecule has 0 unspecified atom stereocenters. The number of fused-ring (bicyclic) bond motifs is 7. The Bertz CT molecular complexity index is 1790. The van der Waals surface area contributed by atoms with Gasteiger partial charge in [-0.25, -0.2) is 8.78 Å². The number of halogens is 2. The van der Waals surface area contributed by atoms with Gasteiger partial charge in [0.1, 0.15) is 28.6 Å². The van der Waals surface area contributed by atoms with E-state index < -0.39 is 11.6 Å². The van der Waals surface area contributed by atoms with Crippen molar-refractivity contribution >= 4 is 27.5 Å². The van der Waals surface area contributed by atoms with E-state index in [2.05, 4.69) is 31.0 Å². The molecule has 0 spiro atoms. The lowest BCUT2D eigenvalue weighted by molar-refractivity contribution is -0.00982. The summed E-state index contributed by atoms with van der Waals surface area (Å²) in [5.74, 6) is 1.57.